The molecule has 0 fully saturated rings. The molecule has 6 nitrogen and oxygen atoms in total. The van der Waals surface area contributed by atoms with Crippen molar-refractivity contribution in [2.75, 3.05) is 19.8 Å². The van der Waals surface area contributed by atoms with E-state index in [2.05, 4.69) is 21.5 Å². The Morgan fingerprint density at radius 2 is 1.79 bits per heavy atom. The third-order valence-corrected chi connectivity index (χ3v) is 5.23. The summed E-state index contributed by atoms with van der Waals surface area (Å²) in [6.45, 7) is 2.55. The lowest BCUT2D eigenvalue weighted by atomic mass is 10.2. The standard InChI is InChI=1S/C21H20N2O4S/c1-2-26-18-9-11-20(12-10-18)28(24,25)23-14-3-4-15-27-19-8-7-17-6-5-13-22-21(17)16-19/h5-13,16,23H,2,14-15H2,1H3. The van der Waals surface area contributed by atoms with Crippen LogP contribution in [0.4, 0.5) is 0 Å². The molecule has 1 heterocycles. The van der Waals surface area contributed by atoms with Gasteiger partial charge >= 0.3 is 0 Å². The fourth-order valence-corrected chi connectivity index (χ4v) is 3.39. The predicted octanol–water partition coefficient (Wildman–Crippen LogP) is 2.99. The first-order valence-corrected chi connectivity index (χ1v) is 10.2. The van der Waals surface area contributed by atoms with Crippen LogP contribution in [-0.4, -0.2) is 33.2 Å². The number of hydrogen-bond donors (Lipinski definition) is 1. The van der Waals surface area contributed by atoms with E-state index in [0.717, 1.165) is 10.9 Å². The second kappa shape index (κ2) is 9.22. The van der Waals surface area contributed by atoms with E-state index >= 15 is 0 Å². The van der Waals surface area contributed by atoms with Crippen molar-refractivity contribution in [3.63, 3.8) is 0 Å². The zero-order valence-electron chi connectivity index (χ0n) is 15.4. The minimum atomic E-state index is -3.61. The quantitative estimate of drug-likeness (QED) is 0.621. The Hall–Kier alpha value is -3.08. The van der Waals surface area contributed by atoms with Crippen molar-refractivity contribution in [3.8, 4) is 23.3 Å². The number of aromatic nitrogens is 1. The zero-order chi connectivity index (χ0) is 19.8. The topological polar surface area (TPSA) is 77.5 Å². The molecule has 0 atom stereocenters. The van der Waals surface area contributed by atoms with Crippen molar-refractivity contribution in [2.24, 2.45) is 0 Å². The Balaban J connectivity index is 1.49. The third-order valence-electron chi connectivity index (χ3n) is 3.81. The molecule has 0 spiro atoms. The van der Waals surface area contributed by atoms with Gasteiger partial charge in [0.2, 0.25) is 10.0 Å². The fourth-order valence-electron chi connectivity index (χ4n) is 2.47. The van der Waals surface area contributed by atoms with Gasteiger partial charge in [0, 0.05) is 17.6 Å². The monoisotopic (exact) mass is 396 g/mol. The molecule has 1 N–H and O–H groups in total. The summed E-state index contributed by atoms with van der Waals surface area (Å²) >= 11 is 0. The number of benzene rings is 2. The number of sulfonamides is 1. The molecular formula is C21H20N2O4S. The Bertz CT molecular complexity index is 1100. The lowest BCUT2D eigenvalue weighted by molar-refractivity contribution is 0.340. The van der Waals surface area contributed by atoms with Crippen molar-refractivity contribution >= 4 is 20.9 Å². The summed E-state index contributed by atoms with van der Waals surface area (Å²) in [7, 11) is -3.61. The first-order chi connectivity index (χ1) is 13.6. The van der Waals surface area contributed by atoms with Crippen LogP contribution in [0.2, 0.25) is 0 Å². The van der Waals surface area contributed by atoms with Gasteiger partial charge in [0.1, 0.15) is 18.1 Å². The molecular weight excluding hydrogens is 376 g/mol. The summed E-state index contributed by atoms with van der Waals surface area (Å²) < 4.78 is 37.8. The maximum absolute atomic E-state index is 12.2. The van der Waals surface area contributed by atoms with Gasteiger partial charge < -0.3 is 9.47 Å². The SMILES string of the molecule is CCOc1ccc(S(=O)(=O)NCC#CCOc2ccc3cccnc3c2)cc1. The van der Waals surface area contributed by atoms with E-state index in [1.807, 2.05) is 37.3 Å². The Morgan fingerprint density at radius 3 is 2.57 bits per heavy atom. The molecule has 0 saturated heterocycles. The van der Waals surface area contributed by atoms with E-state index in [-0.39, 0.29) is 18.0 Å². The second-order valence-electron chi connectivity index (χ2n) is 5.73. The summed E-state index contributed by atoms with van der Waals surface area (Å²) in [5, 5.41) is 1.03. The lowest BCUT2D eigenvalue weighted by Gasteiger charge is -2.06. The maximum Gasteiger partial charge on any atom is 0.241 e. The average Bonchev–Trinajstić information content (AvgIpc) is 2.71. The minimum Gasteiger partial charge on any atom is -0.494 e. The van der Waals surface area contributed by atoms with Crippen LogP contribution in [0.25, 0.3) is 10.9 Å². The molecule has 28 heavy (non-hydrogen) atoms. The van der Waals surface area contributed by atoms with Crippen LogP contribution in [0.1, 0.15) is 6.92 Å². The van der Waals surface area contributed by atoms with Crippen molar-refractivity contribution in [3.05, 3.63) is 60.8 Å². The fraction of sp³-hybridized carbons (Fsp3) is 0.190. The maximum atomic E-state index is 12.2. The molecule has 0 unspecified atom stereocenters. The van der Waals surface area contributed by atoms with Gasteiger partial charge in [-0.15, -0.1) is 0 Å². The average molecular weight is 396 g/mol. The van der Waals surface area contributed by atoms with E-state index in [4.69, 9.17) is 9.47 Å². The molecule has 7 heteroatoms. The van der Waals surface area contributed by atoms with E-state index in [1.165, 1.54) is 12.1 Å². The molecule has 0 aliphatic heterocycles. The number of nitrogens with one attached hydrogen (secondary N) is 1. The third kappa shape index (κ3) is 5.22. The first-order valence-electron chi connectivity index (χ1n) is 8.74. The molecule has 0 radical (unpaired) electrons. The molecule has 1 aromatic heterocycles. The van der Waals surface area contributed by atoms with E-state index in [0.29, 0.717) is 18.1 Å². The van der Waals surface area contributed by atoms with Gasteiger partial charge in [0.05, 0.1) is 23.6 Å². The van der Waals surface area contributed by atoms with Gasteiger partial charge in [-0.2, -0.15) is 4.72 Å². The van der Waals surface area contributed by atoms with Crippen molar-refractivity contribution in [1.29, 1.82) is 0 Å². The van der Waals surface area contributed by atoms with Crippen LogP contribution in [0.3, 0.4) is 0 Å². The number of rotatable bonds is 7. The van der Waals surface area contributed by atoms with Crippen molar-refractivity contribution in [1.82, 2.24) is 9.71 Å². The minimum absolute atomic E-state index is 0.00180. The van der Waals surface area contributed by atoms with E-state index < -0.39 is 10.0 Å². The Morgan fingerprint density at radius 1 is 1.00 bits per heavy atom. The molecule has 0 saturated carbocycles. The zero-order valence-corrected chi connectivity index (χ0v) is 16.2. The van der Waals surface area contributed by atoms with Gasteiger partial charge in [0.25, 0.3) is 0 Å². The van der Waals surface area contributed by atoms with Crippen LogP contribution in [-0.2, 0) is 10.0 Å². The van der Waals surface area contributed by atoms with Crippen LogP contribution in [0.5, 0.6) is 11.5 Å². The van der Waals surface area contributed by atoms with Gasteiger partial charge in [-0.3, -0.25) is 4.98 Å². The largest absolute Gasteiger partial charge is 0.494 e. The molecule has 0 aliphatic carbocycles. The number of hydrogen-bond acceptors (Lipinski definition) is 5. The van der Waals surface area contributed by atoms with Crippen LogP contribution < -0.4 is 14.2 Å². The second-order valence-corrected chi connectivity index (χ2v) is 7.50. The highest BCUT2D eigenvalue weighted by molar-refractivity contribution is 7.89. The first kappa shape index (κ1) is 19.7. The highest BCUT2D eigenvalue weighted by Gasteiger charge is 2.12. The highest BCUT2D eigenvalue weighted by atomic mass is 32.2. The summed E-state index contributed by atoms with van der Waals surface area (Å²) in [5.41, 5.74) is 0.844. The predicted molar refractivity (Wildman–Crippen MR) is 108 cm³/mol. The van der Waals surface area contributed by atoms with Crippen molar-refractivity contribution < 1.29 is 17.9 Å². The van der Waals surface area contributed by atoms with E-state index in [9.17, 15) is 8.42 Å². The lowest BCUT2D eigenvalue weighted by Crippen LogP contribution is -2.24. The molecule has 2 aromatic carbocycles. The Labute approximate surface area is 164 Å². The Kier molecular flexibility index (Phi) is 6.48. The highest BCUT2D eigenvalue weighted by Crippen LogP contribution is 2.18. The smallest absolute Gasteiger partial charge is 0.241 e. The number of nitrogens with zero attached hydrogens (tertiary/aromatic N) is 1. The molecule has 0 bridgehead atoms. The summed E-state index contributed by atoms with van der Waals surface area (Å²) in [5.74, 6) is 6.83. The molecule has 144 valence electrons. The van der Waals surface area contributed by atoms with Crippen LogP contribution in [0.15, 0.2) is 65.7 Å². The van der Waals surface area contributed by atoms with Gasteiger partial charge in [0.15, 0.2) is 0 Å². The van der Waals surface area contributed by atoms with Crippen LogP contribution >= 0.6 is 0 Å². The summed E-state index contributed by atoms with van der Waals surface area (Å²) in [4.78, 5) is 4.43. The molecule has 0 aliphatic rings. The number of pyridine rings is 1. The van der Waals surface area contributed by atoms with E-state index in [1.54, 1.807) is 18.3 Å². The van der Waals surface area contributed by atoms with Gasteiger partial charge in [-0.05, 0) is 49.4 Å². The van der Waals surface area contributed by atoms with Gasteiger partial charge in [-0.1, -0.05) is 17.9 Å². The summed E-state index contributed by atoms with van der Waals surface area (Å²) in [6, 6.07) is 15.7. The van der Waals surface area contributed by atoms with Crippen molar-refractivity contribution in [2.45, 2.75) is 11.8 Å². The normalized spacial score (nSPS) is 10.9. The number of ether oxygens (including phenoxy) is 2. The van der Waals surface area contributed by atoms with Gasteiger partial charge in [-0.25, -0.2) is 8.42 Å². The van der Waals surface area contributed by atoms with Crippen LogP contribution in [0, 0.1) is 11.8 Å². The number of fused-ring (bicyclic) bond motifs is 1. The summed E-state index contributed by atoms with van der Waals surface area (Å²) in [6.07, 6.45) is 1.72. The molecule has 3 aromatic rings. The molecule has 3 rings (SSSR count). The molecule has 0 amide bonds.